The Balaban J connectivity index is 1.35. The van der Waals surface area contributed by atoms with Gasteiger partial charge in [-0.1, -0.05) is 44.7 Å². The third-order valence-electron chi connectivity index (χ3n) is 9.19. The van der Waals surface area contributed by atoms with Crippen LogP contribution in [0.15, 0.2) is 68.9 Å². The lowest BCUT2D eigenvalue weighted by molar-refractivity contribution is -0.130. The average Bonchev–Trinajstić information content (AvgIpc) is 3.61. The molecule has 3 aromatic rings. The molecule has 0 N–H and O–H groups in total. The van der Waals surface area contributed by atoms with Crippen LogP contribution in [0.25, 0.3) is 0 Å². The molecule has 7 rings (SSSR count). The van der Waals surface area contributed by atoms with Crippen LogP contribution in [0.2, 0.25) is 0 Å². The van der Waals surface area contributed by atoms with Crippen molar-refractivity contribution in [3.63, 3.8) is 0 Å². The molecule has 4 aliphatic rings. The van der Waals surface area contributed by atoms with E-state index in [-0.39, 0.29) is 36.0 Å². The molecule has 4 amide bonds. The SMILES string of the molecule is O=C1C[C@H]([C@]23CCCC[C@H]2[C@H]2C(=O)N(c4ccc(Br)cc4)C(=O)[C@H]2c2ccsc23)C(=O)N1c1ccc(Br)cc1. The molecule has 0 spiro atoms. The van der Waals surface area contributed by atoms with Crippen molar-refractivity contribution >= 4 is 78.2 Å². The fourth-order valence-electron chi connectivity index (χ4n) is 7.70. The van der Waals surface area contributed by atoms with Gasteiger partial charge in [0.15, 0.2) is 0 Å². The standard InChI is InChI=1S/C30H24Br2N2O4S/c31-16-4-8-18(9-5-16)33-23(35)15-22(27(33)36)30-13-2-1-3-21(30)25-24(20-12-14-39-26(20)30)28(37)34(29(25)38)19-10-6-17(32)7-11-19/h4-12,14,21-22,24-25H,1-3,13,15H2/t21-,22-,24-,25+,30-/m0/s1. The van der Waals surface area contributed by atoms with Crippen molar-refractivity contribution in [1.82, 2.24) is 0 Å². The molecule has 6 nitrogen and oxygen atoms in total. The first-order valence-electron chi connectivity index (χ1n) is 13.2. The highest BCUT2D eigenvalue weighted by Gasteiger charge is 2.67. The number of carbonyl (C=O) groups excluding carboxylic acids is 4. The Kier molecular flexibility index (Phi) is 5.99. The second-order valence-corrected chi connectivity index (χ2v) is 13.6. The number of carbonyl (C=O) groups is 4. The molecule has 3 fully saturated rings. The highest BCUT2D eigenvalue weighted by molar-refractivity contribution is 9.10. The number of benzene rings is 2. The molecule has 0 radical (unpaired) electrons. The summed E-state index contributed by atoms with van der Waals surface area (Å²) in [5.41, 5.74) is 1.34. The summed E-state index contributed by atoms with van der Waals surface area (Å²) in [4.78, 5) is 59.4. The second-order valence-electron chi connectivity index (χ2n) is 10.9. The molecule has 3 heterocycles. The molecule has 5 atom stereocenters. The Morgan fingerprint density at radius 3 is 2.08 bits per heavy atom. The predicted molar refractivity (Wildman–Crippen MR) is 156 cm³/mol. The van der Waals surface area contributed by atoms with Gasteiger partial charge in [0.05, 0.1) is 29.1 Å². The summed E-state index contributed by atoms with van der Waals surface area (Å²) in [5.74, 6) is -2.67. The number of hydrogen-bond donors (Lipinski definition) is 0. The van der Waals surface area contributed by atoms with Crippen LogP contribution >= 0.6 is 43.2 Å². The molecule has 2 aromatic carbocycles. The van der Waals surface area contributed by atoms with Gasteiger partial charge in [-0.2, -0.15) is 0 Å². The van der Waals surface area contributed by atoms with Crippen molar-refractivity contribution in [3.05, 3.63) is 79.4 Å². The molecule has 198 valence electrons. The largest absolute Gasteiger partial charge is 0.274 e. The minimum atomic E-state index is -0.647. The van der Waals surface area contributed by atoms with Crippen LogP contribution in [0.3, 0.4) is 0 Å². The van der Waals surface area contributed by atoms with E-state index in [1.54, 1.807) is 35.6 Å². The molecule has 1 saturated carbocycles. The lowest BCUT2D eigenvalue weighted by Crippen LogP contribution is -2.54. The Labute approximate surface area is 246 Å². The number of hydrogen-bond acceptors (Lipinski definition) is 5. The maximum Gasteiger partial charge on any atom is 0.242 e. The summed E-state index contributed by atoms with van der Waals surface area (Å²) in [7, 11) is 0. The topological polar surface area (TPSA) is 74.8 Å². The Bertz CT molecular complexity index is 1530. The fourth-order valence-corrected chi connectivity index (χ4v) is 9.53. The average molecular weight is 668 g/mol. The zero-order valence-corrected chi connectivity index (χ0v) is 24.8. The van der Waals surface area contributed by atoms with Crippen LogP contribution < -0.4 is 9.80 Å². The zero-order valence-electron chi connectivity index (χ0n) is 20.8. The number of amides is 4. The summed E-state index contributed by atoms with van der Waals surface area (Å²) in [5, 5.41) is 1.98. The highest BCUT2D eigenvalue weighted by Crippen LogP contribution is 2.64. The maximum absolute atomic E-state index is 14.2. The van der Waals surface area contributed by atoms with Gasteiger partial charge in [-0.25, -0.2) is 4.90 Å². The van der Waals surface area contributed by atoms with E-state index in [1.807, 2.05) is 35.7 Å². The van der Waals surface area contributed by atoms with E-state index in [9.17, 15) is 19.2 Å². The van der Waals surface area contributed by atoms with E-state index in [0.29, 0.717) is 11.4 Å². The van der Waals surface area contributed by atoms with Gasteiger partial charge < -0.3 is 0 Å². The van der Waals surface area contributed by atoms with E-state index in [2.05, 4.69) is 31.9 Å². The third-order valence-corrected chi connectivity index (χ3v) is 11.4. The van der Waals surface area contributed by atoms with Gasteiger partial charge in [-0.15, -0.1) is 11.3 Å². The maximum atomic E-state index is 14.2. The lowest BCUT2D eigenvalue weighted by atomic mass is 9.50. The van der Waals surface area contributed by atoms with Crippen molar-refractivity contribution in [3.8, 4) is 0 Å². The first-order chi connectivity index (χ1) is 18.8. The summed E-state index contributed by atoms with van der Waals surface area (Å²) < 4.78 is 1.74. The van der Waals surface area contributed by atoms with Crippen LogP contribution in [0.4, 0.5) is 11.4 Å². The first-order valence-corrected chi connectivity index (χ1v) is 15.6. The normalized spacial score (nSPS) is 30.0. The highest BCUT2D eigenvalue weighted by atomic mass is 79.9. The fraction of sp³-hybridized carbons (Fsp3) is 0.333. The summed E-state index contributed by atoms with van der Waals surface area (Å²) in [6, 6.07) is 16.4. The molecule has 2 saturated heterocycles. The van der Waals surface area contributed by atoms with Crippen molar-refractivity contribution in [2.24, 2.45) is 17.8 Å². The van der Waals surface area contributed by atoms with Gasteiger partial charge in [0.1, 0.15) is 0 Å². The molecule has 39 heavy (non-hydrogen) atoms. The summed E-state index contributed by atoms with van der Waals surface area (Å²) in [6.45, 7) is 0. The minimum Gasteiger partial charge on any atom is -0.274 e. The Hall–Kier alpha value is -2.62. The molecule has 9 heteroatoms. The number of thiophene rings is 1. The second kappa shape index (κ2) is 9.21. The Morgan fingerprint density at radius 1 is 0.769 bits per heavy atom. The van der Waals surface area contributed by atoms with Gasteiger partial charge in [0, 0.05) is 25.7 Å². The smallest absolute Gasteiger partial charge is 0.242 e. The lowest BCUT2D eigenvalue weighted by Gasteiger charge is -2.52. The molecule has 2 aliphatic heterocycles. The van der Waals surface area contributed by atoms with Crippen molar-refractivity contribution in [1.29, 1.82) is 0 Å². The van der Waals surface area contributed by atoms with Crippen LogP contribution in [0.1, 0.15) is 48.5 Å². The number of imide groups is 2. The summed E-state index contributed by atoms with van der Waals surface area (Å²) >= 11 is 8.43. The van der Waals surface area contributed by atoms with E-state index >= 15 is 0 Å². The monoisotopic (exact) mass is 666 g/mol. The quantitative estimate of drug-likeness (QED) is 0.296. The summed E-state index contributed by atoms with van der Waals surface area (Å²) in [6.07, 6.45) is 3.44. The molecular weight excluding hydrogens is 644 g/mol. The molecule has 0 bridgehead atoms. The molecule has 1 aromatic heterocycles. The van der Waals surface area contributed by atoms with Crippen molar-refractivity contribution in [2.45, 2.75) is 43.4 Å². The first kappa shape index (κ1) is 25.4. The van der Waals surface area contributed by atoms with Crippen molar-refractivity contribution < 1.29 is 19.2 Å². The van der Waals surface area contributed by atoms with Crippen LogP contribution in [0.5, 0.6) is 0 Å². The molecule has 2 aliphatic carbocycles. The number of halogens is 2. The van der Waals surface area contributed by atoms with Gasteiger partial charge in [0.25, 0.3) is 0 Å². The number of nitrogens with zero attached hydrogens (tertiary/aromatic N) is 2. The van der Waals surface area contributed by atoms with Gasteiger partial charge in [-0.3, -0.25) is 24.1 Å². The van der Waals surface area contributed by atoms with Crippen LogP contribution in [-0.2, 0) is 24.6 Å². The van der Waals surface area contributed by atoms with Gasteiger partial charge in [0.2, 0.25) is 23.6 Å². The van der Waals surface area contributed by atoms with Crippen LogP contribution in [0, 0.1) is 17.8 Å². The molecular formula is C30H24Br2N2O4S. The predicted octanol–water partition coefficient (Wildman–Crippen LogP) is 6.57. The van der Waals surface area contributed by atoms with E-state index < -0.39 is 23.2 Å². The number of anilines is 2. The van der Waals surface area contributed by atoms with Crippen LogP contribution in [-0.4, -0.2) is 23.6 Å². The van der Waals surface area contributed by atoms with E-state index in [1.165, 1.54) is 9.80 Å². The van der Waals surface area contributed by atoms with E-state index in [0.717, 1.165) is 45.1 Å². The van der Waals surface area contributed by atoms with Gasteiger partial charge in [-0.05, 0) is 84.3 Å². The van der Waals surface area contributed by atoms with Crippen molar-refractivity contribution in [2.75, 3.05) is 9.80 Å². The third kappa shape index (κ3) is 3.55. The Morgan fingerprint density at radius 2 is 1.41 bits per heavy atom. The minimum absolute atomic E-state index is 0.110. The zero-order chi connectivity index (χ0) is 27.1. The molecule has 0 unspecified atom stereocenters. The van der Waals surface area contributed by atoms with Gasteiger partial charge >= 0.3 is 0 Å². The van der Waals surface area contributed by atoms with E-state index in [4.69, 9.17) is 0 Å². The number of rotatable bonds is 3. The number of fused-ring (bicyclic) bond motifs is 6.